The number of aromatic nitrogens is 4. The van der Waals surface area contributed by atoms with Crippen LogP contribution in [0.4, 0.5) is 0 Å². The molecule has 0 aliphatic heterocycles. The van der Waals surface area contributed by atoms with Crippen molar-refractivity contribution in [3.05, 3.63) is 6.33 Å². The Kier molecular flexibility index (Phi) is 18.4. The Morgan fingerprint density at radius 1 is 1.12 bits per heavy atom. The number of rotatable bonds is 0. The molecule has 1 rings (SSSR count). The highest BCUT2D eigenvalue weighted by molar-refractivity contribution is 4.24. The van der Waals surface area contributed by atoms with Gasteiger partial charge in [0, 0.05) is 0 Å². The number of nitrogens with one attached hydrogen (secondary N) is 1. The number of H-pyrrole nitrogens is 1. The zero-order valence-electron chi connectivity index (χ0n) is 3.92. The second kappa shape index (κ2) is 9.34. The van der Waals surface area contributed by atoms with Crippen LogP contribution in [0.5, 0.6) is 0 Å². The van der Waals surface area contributed by atoms with E-state index in [2.05, 4.69) is 20.6 Å². The molecule has 7 N–H and O–H groups in total. The molecule has 7 heteroatoms. The van der Waals surface area contributed by atoms with Crippen LogP contribution in [0.3, 0.4) is 0 Å². The molecule has 1 aromatic heterocycles. The molecule has 0 aromatic carbocycles. The molecule has 0 atom stereocenters. The summed E-state index contributed by atoms with van der Waals surface area (Å²) < 4.78 is 0. The maximum atomic E-state index is 3.31. The van der Waals surface area contributed by atoms with E-state index in [9.17, 15) is 0 Å². The molecule has 1 heterocycles. The van der Waals surface area contributed by atoms with Crippen LogP contribution in [0.2, 0.25) is 0 Å². The van der Waals surface area contributed by atoms with E-state index in [0.717, 1.165) is 0 Å². The van der Waals surface area contributed by atoms with E-state index in [1.807, 2.05) is 0 Å². The van der Waals surface area contributed by atoms with E-state index < -0.39 is 0 Å². The predicted octanol–water partition coefficient (Wildman–Crippen LogP) is -3.27. The Morgan fingerprint density at radius 3 is 1.88 bits per heavy atom. The van der Waals surface area contributed by atoms with Gasteiger partial charge >= 0.3 is 0 Å². The third-order valence-electron chi connectivity index (χ3n) is 0.270. The summed E-state index contributed by atoms with van der Waals surface area (Å²) in [7, 11) is 0. The molecule has 0 radical (unpaired) electrons. The van der Waals surface area contributed by atoms with Gasteiger partial charge in [-0.2, -0.15) is 0 Å². The van der Waals surface area contributed by atoms with Crippen LogP contribution in [0, 0.1) is 0 Å². The van der Waals surface area contributed by atoms with Crippen molar-refractivity contribution >= 4 is 0 Å². The number of hydrogen-bond donors (Lipinski definition) is 1. The van der Waals surface area contributed by atoms with Gasteiger partial charge in [-0.25, -0.2) is 5.10 Å². The summed E-state index contributed by atoms with van der Waals surface area (Å²) in [5.41, 5.74) is 0. The van der Waals surface area contributed by atoms with Gasteiger partial charge in [-0.15, -0.1) is 5.10 Å². The molecule has 0 unspecified atom stereocenters. The van der Waals surface area contributed by atoms with Crippen molar-refractivity contribution < 1.29 is 16.4 Å². The number of nitrogens with zero attached hydrogens (tertiary/aromatic N) is 3. The molecule has 0 fully saturated rings. The zero-order valence-corrected chi connectivity index (χ0v) is 3.92. The van der Waals surface area contributed by atoms with Gasteiger partial charge < -0.3 is 16.4 Å². The lowest BCUT2D eigenvalue weighted by atomic mass is 11.4. The highest BCUT2D eigenvalue weighted by Gasteiger charge is 1.58. The van der Waals surface area contributed by atoms with Crippen molar-refractivity contribution in [2.24, 2.45) is 0 Å². The number of aromatic amines is 1. The normalized spacial score (nSPS) is 5.00. The Balaban J connectivity index is -0.0000000833. The van der Waals surface area contributed by atoms with Crippen LogP contribution in [0.1, 0.15) is 0 Å². The molecule has 0 aliphatic rings. The van der Waals surface area contributed by atoms with E-state index in [1.54, 1.807) is 0 Å². The first-order valence-corrected chi connectivity index (χ1v) is 1.17. The molecular formula is CH8N4O3. The maximum absolute atomic E-state index is 3.31. The van der Waals surface area contributed by atoms with Crippen molar-refractivity contribution in [3.63, 3.8) is 0 Å². The summed E-state index contributed by atoms with van der Waals surface area (Å²) in [6, 6.07) is 0. The minimum absolute atomic E-state index is 0. The summed E-state index contributed by atoms with van der Waals surface area (Å²) in [6.07, 6.45) is 1.40. The molecule has 50 valence electrons. The summed E-state index contributed by atoms with van der Waals surface area (Å²) >= 11 is 0. The molecule has 0 bridgehead atoms. The molecule has 0 amide bonds. The summed E-state index contributed by atoms with van der Waals surface area (Å²) in [6.45, 7) is 0. The Labute approximate surface area is 44.6 Å². The van der Waals surface area contributed by atoms with Crippen molar-refractivity contribution in [2.45, 2.75) is 0 Å². The van der Waals surface area contributed by atoms with Gasteiger partial charge in [0.2, 0.25) is 0 Å². The Morgan fingerprint density at radius 2 is 1.75 bits per heavy atom. The largest absolute Gasteiger partial charge is 0.412 e. The van der Waals surface area contributed by atoms with Crippen molar-refractivity contribution in [1.29, 1.82) is 0 Å². The van der Waals surface area contributed by atoms with E-state index in [4.69, 9.17) is 0 Å². The number of hydrogen-bond acceptors (Lipinski definition) is 3. The van der Waals surface area contributed by atoms with E-state index in [1.165, 1.54) is 6.33 Å². The molecule has 0 saturated carbocycles. The van der Waals surface area contributed by atoms with Crippen LogP contribution in [-0.2, 0) is 0 Å². The van der Waals surface area contributed by atoms with Crippen molar-refractivity contribution in [2.75, 3.05) is 0 Å². The van der Waals surface area contributed by atoms with E-state index >= 15 is 0 Å². The summed E-state index contributed by atoms with van der Waals surface area (Å²) in [5, 5.41) is 12.1. The van der Waals surface area contributed by atoms with Crippen LogP contribution in [0.15, 0.2) is 6.33 Å². The van der Waals surface area contributed by atoms with Gasteiger partial charge in [-0.3, -0.25) is 0 Å². The highest BCUT2D eigenvalue weighted by atomic mass is 16.0. The van der Waals surface area contributed by atoms with E-state index in [-0.39, 0.29) is 16.4 Å². The second-order valence-corrected chi connectivity index (χ2v) is 0.563. The third-order valence-corrected chi connectivity index (χ3v) is 0.270. The SMILES string of the molecule is O.O.O.c1nnn[nH]1. The molecular weight excluding hydrogens is 116 g/mol. The lowest BCUT2D eigenvalue weighted by Gasteiger charge is -1.42. The monoisotopic (exact) mass is 124 g/mol. The smallest absolute Gasteiger partial charge is 0.135 e. The maximum Gasteiger partial charge on any atom is 0.135 e. The molecule has 0 spiro atoms. The molecule has 0 aliphatic carbocycles. The average molecular weight is 124 g/mol. The fraction of sp³-hybridized carbons (Fsp3) is 0. The third kappa shape index (κ3) is 4.95. The van der Waals surface area contributed by atoms with Gasteiger partial charge in [0.1, 0.15) is 6.33 Å². The van der Waals surface area contributed by atoms with Crippen LogP contribution in [0.25, 0.3) is 0 Å². The van der Waals surface area contributed by atoms with Gasteiger partial charge in [0.25, 0.3) is 0 Å². The van der Waals surface area contributed by atoms with Crippen molar-refractivity contribution in [3.8, 4) is 0 Å². The Bertz CT molecular complexity index is 67.8. The van der Waals surface area contributed by atoms with Gasteiger partial charge in [0.05, 0.1) is 0 Å². The summed E-state index contributed by atoms with van der Waals surface area (Å²) in [4.78, 5) is 0. The topological polar surface area (TPSA) is 149 Å². The first-order valence-electron chi connectivity index (χ1n) is 1.17. The fourth-order valence-corrected chi connectivity index (χ4v) is 0.129. The van der Waals surface area contributed by atoms with Crippen LogP contribution >= 0.6 is 0 Å². The van der Waals surface area contributed by atoms with Gasteiger partial charge in [-0.1, -0.05) is 0 Å². The second-order valence-electron chi connectivity index (χ2n) is 0.563. The molecule has 1 aromatic rings. The number of tetrazole rings is 1. The van der Waals surface area contributed by atoms with Gasteiger partial charge in [0.15, 0.2) is 0 Å². The van der Waals surface area contributed by atoms with Crippen molar-refractivity contribution in [1.82, 2.24) is 20.6 Å². The molecule has 8 heavy (non-hydrogen) atoms. The average Bonchev–Trinajstić information content (AvgIpc) is 1.76. The minimum atomic E-state index is 0. The molecule has 0 saturated heterocycles. The quantitative estimate of drug-likeness (QED) is 0.386. The first-order chi connectivity index (χ1) is 2.50. The predicted molar refractivity (Wildman–Crippen MR) is 25.0 cm³/mol. The van der Waals surface area contributed by atoms with Crippen LogP contribution in [-0.4, -0.2) is 37.1 Å². The highest BCUT2D eigenvalue weighted by Crippen LogP contribution is 1.43. The lowest BCUT2D eigenvalue weighted by molar-refractivity contribution is 0.823. The first kappa shape index (κ1) is 15.8. The van der Waals surface area contributed by atoms with Gasteiger partial charge in [-0.05, 0) is 10.4 Å². The minimum Gasteiger partial charge on any atom is -0.412 e. The molecule has 7 nitrogen and oxygen atoms in total. The fourth-order valence-electron chi connectivity index (χ4n) is 0.129. The Hall–Kier alpha value is -1.05. The van der Waals surface area contributed by atoms with Crippen LogP contribution < -0.4 is 0 Å². The standard InChI is InChI=1S/CH2N4.3H2O/c1-2-4-5-3-1;;;/h1H,(H,2,3,4,5);3*1H2. The summed E-state index contributed by atoms with van der Waals surface area (Å²) in [5.74, 6) is 0. The van der Waals surface area contributed by atoms with E-state index in [0.29, 0.717) is 0 Å². The zero-order chi connectivity index (χ0) is 3.54. The lowest BCUT2D eigenvalue weighted by Crippen LogP contribution is -1.64.